The number of fused-ring (bicyclic) bond motifs is 1. The Labute approximate surface area is 212 Å². The molecule has 0 amide bonds. The van der Waals surface area contributed by atoms with E-state index < -0.39 is 5.97 Å². The van der Waals surface area contributed by atoms with Gasteiger partial charge >= 0.3 is 5.97 Å². The molecule has 0 radical (unpaired) electrons. The zero-order valence-corrected chi connectivity index (χ0v) is 22.8. The van der Waals surface area contributed by atoms with Gasteiger partial charge in [0.25, 0.3) is 0 Å². The van der Waals surface area contributed by atoms with Crippen LogP contribution < -0.4 is 4.90 Å². The average molecular weight is 577 g/mol. The second-order valence-corrected chi connectivity index (χ2v) is 11.2. The fraction of sp³-hybridized carbons (Fsp3) is 0.462. The molecule has 7 heteroatoms. The largest absolute Gasteiger partial charge is 0.481 e. The molecule has 0 aliphatic carbocycles. The van der Waals surface area contributed by atoms with Gasteiger partial charge in [-0.2, -0.15) is 0 Å². The second kappa shape index (κ2) is 9.79. The molecular weight excluding hydrogens is 546 g/mol. The number of nitrogens with zero attached hydrogens (tertiary/aromatic N) is 3. The number of pyridine rings is 1. The quantitative estimate of drug-likeness (QED) is 0.333. The van der Waals surface area contributed by atoms with E-state index in [2.05, 4.69) is 93.4 Å². The fourth-order valence-corrected chi connectivity index (χ4v) is 6.46. The normalized spacial score (nSPS) is 15.1. The summed E-state index contributed by atoms with van der Waals surface area (Å²) in [6, 6.07) is 6.59. The zero-order valence-electron chi connectivity index (χ0n) is 19.7. The molecule has 1 saturated heterocycles. The lowest BCUT2D eigenvalue weighted by Gasteiger charge is -2.33. The van der Waals surface area contributed by atoms with Crippen molar-refractivity contribution >= 4 is 54.5 Å². The summed E-state index contributed by atoms with van der Waals surface area (Å²) in [6.07, 6.45) is 5.26. The molecule has 1 aromatic carbocycles. The Morgan fingerprint density at radius 3 is 2.36 bits per heavy atom. The molecule has 2 aromatic heterocycles. The van der Waals surface area contributed by atoms with Crippen LogP contribution in [0.1, 0.15) is 62.3 Å². The Hall–Kier alpha value is -1.86. The Balaban J connectivity index is 1.73. The van der Waals surface area contributed by atoms with E-state index in [4.69, 9.17) is 10.1 Å². The number of aliphatic carboxylic acids is 1. The number of aromatic nitrogens is 2. The number of hydrogen-bond donors (Lipinski definition) is 1. The van der Waals surface area contributed by atoms with E-state index in [1.54, 1.807) is 0 Å². The Morgan fingerprint density at radius 2 is 1.79 bits per heavy atom. The maximum absolute atomic E-state index is 10.9. The Morgan fingerprint density at radius 1 is 1.15 bits per heavy atom. The molecule has 0 saturated carbocycles. The van der Waals surface area contributed by atoms with Crippen molar-refractivity contribution in [2.45, 2.75) is 59.3 Å². The number of hydrogen-bond acceptors (Lipinski definition) is 3. The van der Waals surface area contributed by atoms with Gasteiger partial charge in [-0.1, -0.05) is 13.8 Å². The third-order valence-electron chi connectivity index (χ3n) is 6.71. The van der Waals surface area contributed by atoms with Crippen molar-refractivity contribution in [1.29, 1.82) is 0 Å². The van der Waals surface area contributed by atoms with Crippen LogP contribution in [0.2, 0.25) is 0 Å². The van der Waals surface area contributed by atoms with E-state index in [-0.39, 0.29) is 6.42 Å². The minimum Gasteiger partial charge on any atom is -0.481 e. The minimum absolute atomic E-state index is 0.263. The van der Waals surface area contributed by atoms with E-state index in [0.717, 1.165) is 64.0 Å². The van der Waals surface area contributed by atoms with Gasteiger partial charge in [0, 0.05) is 45.7 Å². The second-order valence-electron chi connectivity index (χ2n) is 9.51. The van der Waals surface area contributed by atoms with Crippen molar-refractivity contribution in [2.24, 2.45) is 5.92 Å². The third-order valence-corrected chi connectivity index (χ3v) is 7.92. The fourth-order valence-electron chi connectivity index (χ4n) is 4.86. The molecule has 1 aliphatic heterocycles. The third kappa shape index (κ3) is 4.99. The van der Waals surface area contributed by atoms with Crippen LogP contribution in [0, 0.1) is 19.8 Å². The Bertz CT molecular complexity index is 1170. The minimum atomic E-state index is -0.699. The maximum atomic E-state index is 10.9. The molecule has 0 spiro atoms. The standard InChI is InChI=1S/C26H31Br2N3O2/c1-15(2)19-12-20(27)25(21(28)13-19)31-14-16(3)24-22(31)11-17(4)29-26(24)30-9-7-18(8-10-30)5-6-23(32)33/h11-15,18H,5-10H2,1-4H3,(H,32,33). The van der Waals surface area contributed by atoms with Crippen LogP contribution in [0.25, 0.3) is 16.6 Å². The monoisotopic (exact) mass is 575 g/mol. The number of carbonyl (C=O) groups is 1. The summed E-state index contributed by atoms with van der Waals surface area (Å²) in [4.78, 5) is 18.3. The molecule has 0 bridgehead atoms. The highest BCUT2D eigenvalue weighted by Gasteiger charge is 2.25. The first-order chi connectivity index (χ1) is 15.7. The topological polar surface area (TPSA) is 58.4 Å². The number of carboxylic acid groups (broad SMARTS) is 1. The summed E-state index contributed by atoms with van der Waals surface area (Å²) in [6.45, 7) is 10.4. The molecule has 0 unspecified atom stereocenters. The predicted octanol–water partition coefficient (Wildman–Crippen LogP) is 7.37. The number of carboxylic acids is 1. The number of halogens is 2. The smallest absolute Gasteiger partial charge is 0.303 e. The lowest BCUT2D eigenvalue weighted by molar-refractivity contribution is -0.137. The SMILES string of the molecule is Cc1cc2c(c(C)cn2-c2c(Br)cc(C(C)C)cc2Br)c(N2CCC(CCC(=O)O)CC2)n1. The van der Waals surface area contributed by atoms with Crippen LogP contribution in [0.3, 0.4) is 0 Å². The predicted molar refractivity (Wildman–Crippen MR) is 142 cm³/mol. The molecule has 1 N–H and O–H groups in total. The van der Waals surface area contributed by atoms with Gasteiger partial charge in [-0.15, -0.1) is 0 Å². The van der Waals surface area contributed by atoms with Crippen molar-refractivity contribution in [3.63, 3.8) is 0 Å². The van der Waals surface area contributed by atoms with E-state index in [1.165, 1.54) is 16.5 Å². The van der Waals surface area contributed by atoms with Crippen LogP contribution in [0.15, 0.2) is 33.3 Å². The lowest BCUT2D eigenvalue weighted by Crippen LogP contribution is -2.34. The van der Waals surface area contributed by atoms with Gasteiger partial charge in [-0.25, -0.2) is 4.98 Å². The van der Waals surface area contributed by atoms with Crippen molar-refractivity contribution in [1.82, 2.24) is 9.55 Å². The van der Waals surface area contributed by atoms with Gasteiger partial charge in [0.1, 0.15) is 5.82 Å². The first-order valence-electron chi connectivity index (χ1n) is 11.6. The van der Waals surface area contributed by atoms with E-state index in [9.17, 15) is 4.79 Å². The zero-order chi connectivity index (χ0) is 23.9. The number of benzene rings is 1. The summed E-state index contributed by atoms with van der Waals surface area (Å²) < 4.78 is 4.39. The van der Waals surface area contributed by atoms with Gasteiger partial charge in [-0.05, 0) is 106 Å². The summed E-state index contributed by atoms with van der Waals surface area (Å²) in [5.74, 6) is 1.28. The molecule has 4 rings (SSSR count). The van der Waals surface area contributed by atoms with Crippen LogP contribution in [-0.4, -0.2) is 33.7 Å². The summed E-state index contributed by atoms with van der Waals surface area (Å²) >= 11 is 7.65. The molecule has 1 aliphatic rings. The maximum Gasteiger partial charge on any atom is 0.303 e. The highest BCUT2D eigenvalue weighted by molar-refractivity contribution is 9.11. The van der Waals surface area contributed by atoms with Crippen molar-refractivity contribution in [3.8, 4) is 5.69 Å². The first-order valence-corrected chi connectivity index (χ1v) is 13.2. The Kier molecular flexibility index (Phi) is 7.20. The van der Waals surface area contributed by atoms with E-state index >= 15 is 0 Å². The van der Waals surface area contributed by atoms with Crippen LogP contribution in [-0.2, 0) is 4.79 Å². The number of piperidine rings is 1. The average Bonchev–Trinajstić information content (AvgIpc) is 3.07. The van der Waals surface area contributed by atoms with Gasteiger partial charge in [0.2, 0.25) is 0 Å². The van der Waals surface area contributed by atoms with Gasteiger partial charge in [0.15, 0.2) is 0 Å². The molecule has 3 aromatic rings. The van der Waals surface area contributed by atoms with Gasteiger partial charge in [-0.3, -0.25) is 4.79 Å². The number of aryl methyl sites for hydroxylation is 2. The molecule has 33 heavy (non-hydrogen) atoms. The van der Waals surface area contributed by atoms with Crippen molar-refractivity contribution in [3.05, 3.63) is 50.2 Å². The molecular formula is C26H31Br2N3O2. The molecule has 176 valence electrons. The highest BCUT2D eigenvalue weighted by atomic mass is 79.9. The van der Waals surface area contributed by atoms with Crippen molar-refractivity contribution in [2.75, 3.05) is 18.0 Å². The first kappa shape index (κ1) is 24.3. The summed E-state index contributed by atoms with van der Waals surface area (Å²) in [5, 5.41) is 10.2. The van der Waals surface area contributed by atoms with E-state index in [0.29, 0.717) is 11.8 Å². The molecule has 0 atom stereocenters. The molecule has 5 nitrogen and oxygen atoms in total. The van der Waals surface area contributed by atoms with Crippen molar-refractivity contribution < 1.29 is 9.90 Å². The summed E-state index contributed by atoms with van der Waals surface area (Å²) in [5.41, 5.74) is 5.74. The molecule has 3 heterocycles. The molecule has 1 fully saturated rings. The van der Waals surface area contributed by atoms with Gasteiger partial charge < -0.3 is 14.6 Å². The van der Waals surface area contributed by atoms with E-state index in [1.807, 2.05) is 0 Å². The van der Waals surface area contributed by atoms with Gasteiger partial charge in [0.05, 0.1) is 11.2 Å². The van der Waals surface area contributed by atoms with Crippen LogP contribution >= 0.6 is 31.9 Å². The number of rotatable bonds is 6. The lowest BCUT2D eigenvalue weighted by atomic mass is 9.92. The number of anilines is 1. The van der Waals surface area contributed by atoms with Crippen LogP contribution in [0.5, 0.6) is 0 Å². The summed E-state index contributed by atoms with van der Waals surface area (Å²) in [7, 11) is 0. The highest BCUT2D eigenvalue weighted by Crippen LogP contribution is 2.39. The van der Waals surface area contributed by atoms with Crippen LogP contribution in [0.4, 0.5) is 5.82 Å².